The number of nitrogens with zero attached hydrogens (tertiary/aromatic N) is 2. The summed E-state index contributed by atoms with van der Waals surface area (Å²) >= 11 is 5.99. The SMILES string of the molecule is C.CC(C)[C@@H](NC(=O)Cc1ccccc1C#N)C(=O)N1CCC(c2ccc(Cl)cc2)CC1. The van der Waals surface area contributed by atoms with Crippen LogP contribution in [0.3, 0.4) is 0 Å². The highest BCUT2D eigenvalue weighted by Crippen LogP contribution is 2.29. The van der Waals surface area contributed by atoms with Crippen molar-refractivity contribution in [3.05, 3.63) is 70.2 Å². The number of likely N-dealkylation sites (tertiary alicyclic amines) is 1. The molecule has 3 rings (SSSR count). The second kappa shape index (κ2) is 11.7. The normalized spacial score (nSPS) is 14.9. The van der Waals surface area contributed by atoms with Crippen LogP contribution >= 0.6 is 11.6 Å². The van der Waals surface area contributed by atoms with E-state index in [1.165, 1.54) is 5.56 Å². The van der Waals surface area contributed by atoms with Crippen LogP contribution in [0.1, 0.15) is 56.7 Å². The third-order valence-electron chi connectivity index (χ3n) is 5.89. The Morgan fingerprint density at radius 1 is 1.12 bits per heavy atom. The van der Waals surface area contributed by atoms with Crippen LogP contribution in [0, 0.1) is 17.2 Å². The number of nitrogens with one attached hydrogen (secondary N) is 1. The average molecular weight is 454 g/mol. The van der Waals surface area contributed by atoms with Crippen molar-refractivity contribution < 1.29 is 9.59 Å². The second-order valence-electron chi connectivity index (χ2n) is 8.39. The third kappa shape index (κ3) is 6.34. The van der Waals surface area contributed by atoms with Gasteiger partial charge in [-0.3, -0.25) is 9.59 Å². The van der Waals surface area contributed by atoms with Crippen LogP contribution in [0.4, 0.5) is 0 Å². The van der Waals surface area contributed by atoms with Gasteiger partial charge in [0.15, 0.2) is 0 Å². The van der Waals surface area contributed by atoms with Crippen LogP contribution in [0.2, 0.25) is 5.02 Å². The molecule has 0 spiro atoms. The Kier molecular flexibility index (Phi) is 9.28. The van der Waals surface area contributed by atoms with E-state index >= 15 is 0 Å². The molecular weight excluding hydrogens is 422 g/mol. The molecule has 170 valence electrons. The highest BCUT2D eigenvalue weighted by Gasteiger charge is 2.31. The van der Waals surface area contributed by atoms with Crippen molar-refractivity contribution in [1.82, 2.24) is 10.2 Å². The van der Waals surface area contributed by atoms with E-state index < -0.39 is 6.04 Å². The van der Waals surface area contributed by atoms with Gasteiger partial charge in [-0.2, -0.15) is 5.26 Å². The zero-order valence-corrected chi connectivity index (χ0v) is 18.7. The van der Waals surface area contributed by atoms with Gasteiger partial charge in [0, 0.05) is 18.1 Å². The Balaban J connectivity index is 0.00000363. The molecule has 6 heteroatoms. The van der Waals surface area contributed by atoms with Gasteiger partial charge >= 0.3 is 0 Å². The lowest BCUT2D eigenvalue weighted by atomic mass is 9.89. The molecule has 0 saturated carbocycles. The molecule has 0 aliphatic carbocycles. The molecule has 2 aromatic carbocycles. The number of hydrogen-bond donors (Lipinski definition) is 1. The van der Waals surface area contributed by atoms with Crippen molar-refractivity contribution in [1.29, 1.82) is 5.26 Å². The molecule has 0 radical (unpaired) electrons. The lowest BCUT2D eigenvalue weighted by Gasteiger charge is -2.35. The number of piperidine rings is 1. The first-order chi connectivity index (χ1) is 14.9. The van der Waals surface area contributed by atoms with E-state index in [9.17, 15) is 14.9 Å². The van der Waals surface area contributed by atoms with Crippen LogP contribution in [-0.4, -0.2) is 35.8 Å². The molecule has 1 saturated heterocycles. The van der Waals surface area contributed by atoms with Crippen LogP contribution < -0.4 is 5.32 Å². The number of carbonyl (C=O) groups is 2. The zero-order valence-electron chi connectivity index (χ0n) is 18.0. The third-order valence-corrected chi connectivity index (χ3v) is 6.14. The van der Waals surface area contributed by atoms with Crippen LogP contribution in [-0.2, 0) is 16.0 Å². The first kappa shape index (κ1) is 25.4. The fraction of sp³-hybridized carbons (Fsp3) is 0.423. The minimum Gasteiger partial charge on any atom is -0.344 e. The minimum atomic E-state index is -0.575. The van der Waals surface area contributed by atoms with E-state index in [1.54, 1.807) is 24.3 Å². The summed E-state index contributed by atoms with van der Waals surface area (Å²) in [6, 6.07) is 16.5. The number of amides is 2. The van der Waals surface area contributed by atoms with E-state index in [-0.39, 0.29) is 31.6 Å². The predicted octanol–water partition coefficient (Wildman–Crippen LogP) is 4.94. The summed E-state index contributed by atoms with van der Waals surface area (Å²) in [7, 11) is 0. The minimum absolute atomic E-state index is 0. The van der Waals surface area contributed by atoms with E-state index in [4.69, 9.17) is 11.6 Å². The van der Waals surface area contributed by atoms with E-state index in [0.717, 1.165) is 17.9 Å². The van der Waals surface area contributed by atoms with Gasteiger partial charge in [-0.05, 0) is 54.0 Å². The molecule has 0 bridgehead atoms. The van der Waals surface area contributed by atoms with Crippen LogP contribution in [0.5, 0.6) is 0 Å². The summed E-state index contributed by atoms with van der Waals surface area (Å²) in [5.41, 5.74) is 2.40. The molecule has 1 aliphatic heterocycles. The van der Waals surface area contributed by atoms with Gasteiger partial charge in [-0.15, -0.1) is 0 Å². The first-order valence-electron chi connectivity index (χ1n) is 10.7. The summed E-state index contributed by atoms with van der Waals surface area (Å²) in [5.74, 6) is 0.102. The monoisotopic (exact) mass is 453 g/mol. The van der Waals surface area contributed by atoms with Crippen molar-refractivity contribution in [2.75, 3.05) is 13.1 Å². The number of nitriles is 1. The first-order valence-corrected chi connectivity index (χ1v) is 11.1. The molecular formula is C26H32ClN3O2. The maximum atomic E-state index is 13.2. The van der Waals surface area contributed by atoms with Gasteiger partial charge in [0.1, 0.15) is 6.04 Å². The number of carbonyl (C=O) groups excluding carboxylic acids is 2. The van der Waals surface area contributed by atoms with Crippen molar-refractivity contribution >= 4 is 23.4 Å². The van der Waals surface area contributed by atoms with Gasteiger partial charge in [0.2, 0.25) is 11.8 Å². The fourth-order valence-electron chi connectivity index (χ4n) is 4.06. The molecule has 0 aromatic heterocycles. The van der Waals surface area contributed by atoms with Crippen molar-refractivity contribution in [3.8, 4) is 6.07 Å². The van der Waals surface area contributed by atoms with Gasteiger partial charge in [0.05, 0.1) is 18.1 Å². The molecule has 1 fully saturated rings. The topological polar surface area (TPSA) is 73.2 Å². The molecule has 1 heterocycles. The van der Waals surface area contributed by atoms with Gasteiger partial charge < -0.3 is 10.2 Å². The standard InChI is InChI=1S/C25H28ClN3O2.CH4/c1-17(2)24(28-23(30)15-20-5-3-4-6-21(20)16-27)25(31)29-13-11-19(12-14-29)18-7-9-22(26)10-8-18;/h3-10,17,19,24H,11-15H2,1-2H3,(H,28,30);1H4/t24-;/m1./s1. The molecule has 1 aliphatic rings. The smallest absolute Gasteiger partial charge is 0.245 e. The summed E-state index contributed by atoms with van der Waals surface area (Å²) in [5, 5.41) is 12.9. The Morgan fingerprint density at radius 2 is 1.75 bits per heavy atom. The van der Waals surface area contributed by atoms with E-state index in [1.807, 2.05) is 30.9 Å². The molecule has 1 N–H and O–H groups in total. The summed E-state index contributed by atoms with van der Waals surface area (Å²) < 4.78 is 0. The van der Waals surface area contributed by atoms with E-state index in [2.05, 4.69) is 23.5 Å². The highest BCUT2D eigenvalue weighted by atomic mass is 35.5. The summed E-state index contributed by atoms with van der Waals surface area (Å²) in [6.07, 6.45) is 1.86. The van der Waals surface area contributed by atoms with Gasteiger partial charge in [-0.25, -0.2) is 0 Å². The highest BCUT2D eigenvalue weighted by molar-refractivity contribution is 6.30. The molecule has 1 atom stereocenters. The van der Waals surface area contributed by atoms with Crippen molar-refractivity contribution in [3.63, 3.8) is 0 Å². The zero-order chi connectivity index (χ0) is 22.4. The number of benzene rings is 2. The maximum absolute atomic E-state index is 13.2. The lowest BCUT2D eigenvalue weighted by molar-refractivity contribution is -0.138. The van der Waals surface area contributed by atoms with Crippen LogP contribution in [0.15, 0.2) is 48.5 Å². The number of halogens is 1. The Bertz CT molecular complexity index is 958. The summed E-state index contributed by atoms with van der Waals surface area (Å²) in [6.45, 7) is 5.21. The maximum Gasteiger partial charge on any atom is 0.245 e. The average Bonchev–Trinajstić information content (AvgIpc) is 2.78. The summed E-state index contributed by atoms with van der Waals surface area (Å²) in [4.78, 5) is 27.7. The number of rotatable bonds is 6. The molecule has 32 heavy (non-hydrogen) atoms. The Labute approximate surface area is 196 Å². The van der Waals surface area contributed by atoms with Gasteiger partial charge in [-0.1, -0.05) is 63.2 Å². The molecule has 2 aromatic rings. The molecule has 0 unspecified atom stereocenters. The molecule has 5 nitrogen and oxygen atoms in total. The Hall–Kier alpha value is -2.84. The van der Waals surface area contributed by atoms with E-state index in [0.29, 0.717) is 30.1 Å². The lowest BCUT2D eigenvalue weighted by Crippen LogP contribution is -2.53. The number of hydrogen-bond acceptors (Lipinski definition) is 3. The van der Waals surface area contributed by atoms with Gasteiger partial charge in [0.25, 0.3) is 0 Å². The van der Waals surface area contributed by atoms with Crippen LogP contribution in [0.25, 0.3) is 0 Å². The second-order valence-corrected chi connectivity index (χ2v) is 8.82. The predicted molar refractivity (Wildman–Crippen MR) is 128 cm³/mol. The quantitative estimate of drug-likeness (QED) is 0.673. The molecule has 2 amide bonds. The van der Waals surface area contributed by atoms with Crippen molar-refractivity contribution in [2.45, 2.75) is 52.5 Å². The van der Waals surface area contributed by atoms with Crippen molar-refractivity contribution in [2.24, 2.45) is 5.92 Å². The fourth-order valence-corrected chi connectivity index (χ4v) is 4.19. The Morgan fingerprint density at radius 3 is 2.34 bits per heavy atom. The largest absolute Gasteiger partial charge is 0.344 e.